The van der Waals surface area contributed by atoms with Crippen molar-refractivity contribution < 1.29 is 23.6 Å². The number of nitrogens with zero attached hydrogens (tertiary/aromatic N) is 2. The van der Waals surface area contributed by atoms with E-state index in [1.54, 1.807) is 23.3 Å². The molecule has 2 heterocycles. The zero-order valence-electron chi connectivity index (χ0n) is 20.2. The number of carbonyl (C=O) groups is 2. The normalized spacial score (nSPS) is 14.6. The molecule has 0 spiro atoms. The fraction of sp³-hybridized carbons (Fsp3) is 0.250. The molecule has 1 aliphatic heterocycles. The summed E-state index contributed by atoms with van der Waals surface area (Å²) in [6.45, 7) is 2.88. The van der Waals surface area contributed by atoms with Gasteiger partial charge >= 0.3 is 11.9 Å². The molecule has 0 bridgehead atoms. The number of aromatic amines is 1. The van der Waals surface area contributed by atoms with Crippen LogP contribution in [-0.4, -0.2) is 59.6 Å². The molecule has 190 valence electrons. The summed E-state index contributed by atoms with van der Waals surface area (Å²) in [4.78, 5) is 46.8. The van der Waals surface area contributed by atoms with E-state index >= 15 is 0 Å². The first-order chi connectivity index (χ1) is 18.0. The summed E-state index contributed by atoms with van der Waals surface area (Å²) in [7, 11) is 0. The molecule has 4 aromatic rings. The Labute approximate surface area is 213 Å². The van der Waals surface area contributed by atoms with Gasteiger partial charge in [-0.25, -0.2) is 9.59 Å². The third kappa shape index (κ3) is 6.14. The van der Waals surface area contributed by atoms with Crippen LogP contribution in [0.2, 0.25) is 0 Å². The Morgan fingerprint density at radius 2 is 1.54 bits per heavy atom. The van der Waals surface area contributed by atoms with E-state index in [1.165, 1.54) is 0 Å². The average Bonchev–Trinajstić information content (AvgIpc) is 3.31. The lowest BCUT2D eigenvalue weighted by atomic mass is 10.0. The summed E-state index contributed by atoms with van der Waals surface area (Å²) in [6, 6.07) is 24.0. The summed E-state index contributed by atoms with van der Waals surface area (Å²) in [5, 5.41) is 1.59. The standard InChI is InChI=1S/C28H27N3O6/c32-24(22-11-12-23-25(19-22)35-27(33)29-23)13-14-30-15-17-31(18-16-30)37-28(34)36-26(20-7-3-1-4-8-20)21-9-5-2-6-10-21/h1-12,19,26H,13-18H2,(H,29,33). The monoisotopic (exact) mass is 501 g/mol. The van der Waals surface area contributed by atoms with Crippen LogP contribution in [0.25, 0.3) is 11.1 Å². The van der Waals surface area contributed by atoms with Crippen molar-refractivity contribution in [1.82, 2.24) is 14.9 Å². The number of hydrogen-bond donors (Lipinski definition) is 1. The van der Waals surface area contributed by atoms with Crippen molar-refractivity contribution >= 4 is 23.0 Å². The van der Waals surface area contributed by atoms with Crippen LogP contribution in [0.5, 0.6) is 0 Å². The van der Waals surface area contributed by atoms with Gasteiger partial charge < -0.3 is 18.9 Å². The first-order valence-corrected chi connectivity index (χ1v) is 12.2. The Bertz CT molecular complexity index is 1370. The molecule has 0 radical (unpaired) electrons. The van der Waals surface area contributed by atoms with Crippen LogP contribution < -0.4 is 5.76 Å². The number of Topliss-reactive ketones (excluding diaryl/α,β-unsaturated/α-hetero) is 1. The summed E-state index contributed by atoms with van der Waals surface area (Å²) in [5.74, 6) is -0.569. The van der Waals surface area contributed by atoms with Gasteiger partial charge in [0, 0.05) is 44.7 Å². The van der Waals surface area contributed by atoms with Gasteiger partial charge in [0.25, 0.3) is 0 Å². The van der Waals surface area contributed by atoms with Crippen LogP contribution >= 0.6 is 0 Å². The third-order valence-electron chi connectivity index (χ3n) is 6.35. The molecule has 3 aromatic carbocycles. The number of H-pyrrole nitrogens is 1. The van der Waals surface area contributed by atoms with Crippen LogP contribution in [0.4, 0.5) is 4.79 Å². The third-order valence-corrected chi connectivity index (χ3v) is 6.35. The van der Waals surface area contributed by atoms with Crippen molar-refractivity contribution in [3.8, 4) is 0 Å². The van der Waals surface area contributed by atoms with E-state index in [0.29, 0.717) is 55.8 Å². The van der Waals surface area contributed by atoms with E-state index in [2.05, 4.69) is 9.88 Å². The highest BCUT2D eigenvalue weighted by Gasteiger charge is 2.25. The zero-order chi connectivity index (χ0) is 25.6. The van der Waals surface area contributed by atoms with Gasteiger partial charge in [-0.1, -0.05) is 60.7 Å². The Morgan fingerprint density at radius 3 is 2.19 bits per heavy atom. The zero-order valence-corrected chi connectivity index (χ0v) is 20.2. The average molecular weight is 502 g/mol. The van der Waals surface area contributed by atoms with Crippen LogP contribution in [-0.2, 0) is 9.57 Å². The summed E-state index contributed by atoms with van der Waals surface area (Å²) >= 11 is 0. The molecule has 0 atom stereocenters. The molecule has 1 aliphatic rings. The maximum absolute atomic E-state index is 12.6. The predicted molar refractivity (Wildman–Crippen MR) is 136 cm³/mol. The molecule has 0 amide bonds. The number of aromatic nitrogens is 1. The van der Waals surface area contributed by atoms with Gasteiger partial charge in [0.15, 0.2) is 17.5 Å². The minimum atomic E-state index is -0.756. The highest BCUT2D eigenvalue weighted by atomic mass is 16.8. The summed E-state index contributed by atoms with van der Waals surface area (Å²) < 4.78 is 10.8. The number of piperazine rings is 1. The maximum Gasteiger partial charge on any atom is 0.528 e. The van der Waals surface area contributed by atoms with Crippen LogP contribution in [0.1, 0.15) is 34.0 Å². The number of carbonyl (C=O) groups excluding carboxylic acids is 2. The minimum Gasteiger partial charge on any atom is -0.420 e. The quantitative estimate of drug-likeness (QED) is 0.283. The topological polar surface area (TPSA) is 105 Å². The molecule has 1 N–H and O–H groups in total. The molecule has 1 aromatic heterocycles. The number of hydroxylamine groups is 2. The second-order valence-corrected chi connectivity index (χ2v) is 8.83. The van der Waals surface area contributed by atoms with E-state index in [9.17, 15) is 14.4 Å². The highest BCUT2D eigenvalue weighted by Crippen LogP contribution is 2.26. The first kappa shape index (κ1) is 24.5. The number of oxazole rings is 1. The van der Waals surface area contributed by atoms with Gasteiger partial charge in [-0.15, -0.1) is 5.06 Å². The number of nitrogens with one attached hydrogen (secondary N) is 1. The highest BCUT2D eigenvalue weighted by molar-refractivity contribution is 5.98. The molecule has 0 unspecified atom stereocenters. The van der Waals surface area contributed by atoms with Crippen molar-refractivity contribution in [3.63, 3.8) is 0 Å². The van der Waals surface area contributed by atoms with Gasteiger partial charge in [0.2, 0.25) is 0 Å². The largest absolute Gasteiger partial charge is 0.528 e. The van der Waals surface area contributed by atoms with Crippen LogP contribution in [0, 0.1) is 0 Å². The summed E-state index contributed by atoms with van der Waals surface area (Å²) in [6.07, 6.45) is -0.993. The Kier molecular flexibility index (Phi) is 7.43. The van der Waals surface area contributed by atoms with Crippen molar-refractivity contribution in [3.05, 3.63) is 106 Å². The van der Waals surface area contributed by atoms with E-state index in [1.807, 2.05) is 60.7 Å². The predicted octanol–water partition coefficient (Wildman–Crippen LogP) is 4.17. The molecule has 5 rings (SSSR count). The number of ether oxygens (including phenoxy) is 1. The van der Waals surface area contributed by atoms with Crippen molar-refractivity contribution in [2.45, 2.75) is 12.5 Å². The van der Waals surface area contributed by atoms with Gasteiger partial charge in [0.05, 0.1) is 5.52 Å². The van der Waals surface area contributed by atoms with Gasteiger partial charge in [-0.2, -0.15) is 0 Å². The van der Waals surface area contributed by atoms with Gasteiger partial charge in [-0.3, -0.25) is 9.78 Å². The Hall–Kier alpha value is -4.21. The maximum atomic E-state index is 12.6. The molecule has 1 saturated heterocycles. The van der Waals surface area contributed by atoms with Crippen molar-refractivity contribution in [1.29, 1.82) is 0 Å². The number of hydrogen-bond acceptors (Lipinski definition) is 8. The Morgan fingerprint density at radius 1 is 0.892 bits per heavy atom. The lowest BCUT2D eigenvalue weighted by molar-refractivity contribution is -0.150. The van der Waals surface area contributed by atoms with Gasteiger partial charge in [-0.05, 0) is 29.3 Å². The molecule has 9 nitrogen and oxygen atoms in total. The molecule has 0 saturated carbocycles. The lowest BCUT2D eigenvalue weighted by Crippen LogP contribution is -2.47. The fourth-order valence-corrected chi connectivity index (χ4v) is 4.37. The minimum absolute atomic E-state index is 0.0270. The fourth-order valence-electron chi connectivity index (χ4n) is 4.37. The van der Waals surface area contributed by atoms with E-state index < -0.39 is 18.0 Å². The van der Waals surface area contributed by atoms with Crippen LogP contribution in [0.3, 0.4) is 0 Å². The second-order valence-electron chi connectivity index (χ2n) is 8.83. The van der Waals surface area contributed by atoms with Crippen molar-refractivity contribution in [2.24, 2.45) is 0 Å². The SMILES string of the molecule is O=C(OC(c1ccccc1)c1ccccc1)ON1CCN(CCC(=O)c2ccc3[nH]c(=O)oc3c2)CC1. The molecule has 1 fully saturated rings. The second kappa shape index (κ2) is 11.2. The molecule has 37 heavy (non-hydrogen) atoms. The van der Waals surface area contributed by atoms with Crippen LogP contribution in [0.15, 0.2) is 88.1 Å². The molecule has 0 aliphatic carbocycles. The van der Waals surface area contributed by atoms with E-state index in [0.717, 1.165) is 11.1 Å². The smallest absolute Gasteiger partial charge is 0.420 e. The lowest BCUT2D eigenvalue weighted by Gasteiger charge is -2.33. The molecule has 9 heteroatoms. The Balaban J connectivity index is 1.10. The molecular weight excluding hydrogens is 474 g/mol. The number of fused-ring (bicyclic) bond motifs is 1. The number of ketones is 1. The number of benzene rings is 3. The van der Waals surface area contributed by atoms with Gasteiger partial charge in [0.1, 0.15) is 0 Å². The first-order valence-electron chi connectivity index (χ1n) is 12.2. The van der Waals surface area contributed by atoms with Crippen molar-refractivity contribution in [2.75, 3.05) is 32.7 Å². The van der Waals surface area contributed by atoms with E-state index in [-0.39, 0.29) is 5.78 Å². The summed E-state index contributed by atoms with van der Waals surface area (Å²) in [5.41, 5.74) is 3.16. The number of rotatable bonds is 8. The van der Waals surface area contributed by atoms with E-state index in [4.69, 9.17) is 14.0 Å². The molecular formula is C28H27N3O6.